The number of piperidine rings is 1. The molecule has 0 aliphatic carbocycles. The molecule has 88 valence electrons. The highest BCUT2D eigenvalue weighted by molar-refractivity contribution is 5.91. The van der Waals surface area contributed by atoms with Crippen molar-refractivity contribution in [1.82, 2.24) is 20.3 Å². The molecule has 1 saturated heterocycles. The molecule has 0 radical (unpaired) electrons. The molecule has 1 aliphatic heterocycles. The Morgan fingerprint density at radius 2 is 2.56 bits per heavy atom. The number of hydrogen-bond donors (Lipinski definition) is 2. The normalized spacial score (nSPS) is 21.1. The molecule has 2 heterocycles. The number of likely N-dealkylation sites (tertiary alicyclic amines) is 1. The minimum Gasteiger partial charge on any atom is -0.337 e. The molecule has 1 aliphatic rings. The van der Waals surface area contributed by atoms with Crippen LogP contribution in [0.25, 0.3) is 0 Å². The Bertz CT molecular complexity index is 335. The Balaban J connectivity index is 1.96. The highest BCUT2D eigenvalue weighted by Gasteiger charge is 2.25. The third kappa shape index (κ3) is 2.38. The maximum atomic E-state index is 12.0. The summed E-state index contributed by atoms with van der Waals surface area (Å²) in [7, 11) is 0. The van der Waals surface area contributed by atoms with Crippen molar-refractivity contribution in [2.45, 2.75) is 19.3 Å². The van der Waals surface area contributed by atoms with Gasteiger partial charge in [-0.25, -0.2) is 0 Å². The number of hydrogen-bond acceptors (Lipinski definition) is 4. The molecule has 1 fully saturated rings. The van der Waals surface area contributed by atoms with E-state index in [0.717, 1.165) is 25.9 Å². The van der Waals surface area contributed by atoms with E-state index in [1.807, 2.05) is 4.90 Å². The molecule has 0 bridgehead atoms. The van der Waals surface area contributed by atoms with Crippen molar-refractivity contribution in [2.75, 3.05) is 19.6 Å². The lowest BCUT2D eigenvalue weighted by Gasteiger charge is -2.32. The molecule has 3 N–H and O–H groups in total. The van der Waals surface area contributed by atoms with Crippen molar-refractivity contribution in [1.29, 1.82) is 0 Å². The number of aromatic nitrogens is 3. The summed E-state index contributed by atoms with van der Waals surface area (Å²) in [6.45, 7) is 2.30. The van der Waals surface area contributed by atoms with E-state index in [0.29, 0.717) is 18.2 Å². The summed E-state index contributed by atoms with van der Waals surface area (Å²) in [5.41, 5.74) is 5.94. The van der Waals surface area contributed by atoms with E-state index in [9.17, 15) is 4.79 Å². The van der Waals surface area contributed by atoms with E-state index in [1.54, 1.807) is 0 Å². The third-order valence-corrected chi connectivity index (χ3v) is 3.02. The van der Waals surface area contributed by atoms with Crippen LogP contribution < -0.4 is 5.73 Å². The number of carbonyl (C=O) groups excluding carboxylic acids is 1. The van der Waals surface area contributed by atoms with Gasteiger partial charge in [-0.2, -0.15) is 15.4 Å². The average Bonchev–Trinajstić information content (AvgIpc) is 2.82. The Labute approximate surface area is 94.2 Å². The second kappa shape index (κ2) is 5.07. The molecular weight excluding hydrogens is 206 g/mol. The number of H-pyrrole nitrogens is 1. The van der Waals surface area contributed by atoms with E-state index < -0.39 is 0 Å². The maximum absolute atomic E-state index is 12.0. The number of carbonyl (C=O) groups is 1. The van der Waals surface area contributed by atoms with Crippen LogP contribution in [0.15, 0.2) is 6.20 Å². The van der Waals surface area contributed by atoms with Crippen LogP contribution in [-0.4, -0.2) is 45.9 Å². The SMILES string of the molecule is NCCC1CCCN(C(=O)c2cn[nH]n2)C1. The lowest BCUT2D eigenvalue weighted by atomic mass is 9.95. The first-order chi connectivity index (χ1) is 7.81. The minimum atomic E-state index is -0.0320. The fraction of sp³-hybridized carbons (Fsp3) is 0.700. The first-order valence-corrected chi connectivity index (χ1v) is 5.66. The van der Waals surface area contributed by atoms with Gasteiger partial charge in [0.15, 0.2) is 5.69 Å². The summed E-state index contributed by atoms with van der Waals surface area (Å²) >= 11 is 0. The maximum Gasteiger partial charge on any atom is 0.276 e. The van der Waals surface area contributed by atoms with Gasteiger partial charge < -0.3 is 10.6 Å². The van der Waals surface area contributed by atoms with Crippen molar-refractivity contribution in [2.24, 2.45) is 11.7 Å². The van der Waals surface area contributed by atoms with Gasteiger partial charge in [0.05, 0.1) is 6.20 Å². The summed E-state index contributed by atoms with van der Waals surface area (Å²) in [6.07, 6.45) is 4.67. The van der Waals surface area contributed by atoms with Crippen LogP contribution in [-0.2, 0) is 0 Å². The Morgan fingerprint density at radius 3 is 3.25 bits per heavy atom. The molecule has 2 rings (SSSR count). The highest BCUT2D eigenvalue weighted by Crippen LogP contribution is 2.20. The summed E-state index contributed by atoms with van der Waals surface area (Å²) < 4.78 is 0. The van der Waals surface area contributed by atoms with Gasteiger partial charge in [-0.15, -0.1) is 0 Å². The largest absolute Gasteiger partial charge is 0.337 e. The van der Waals surface area contributed by atoms with Crippen LogP contribution in [0.4, 0.5) is 0 Å². The zero-order chi connectivity index (χ0) is 11.4. The monoisotopic (exact) mass is 223 g/mol. The van der Waals surface area contributed by atoms with Gasteiger partial charge >= 0.3 is 0 Å². The molecule has 1 aromatic heterocycles. The number of nitrogens with two attached hydrogens (primary N) is 1. The van der Waals surface area contributed by atoms with Gasteiger partial charge in [0.25, 0.3) is 5.91 Å². The molecule has 0 aromatic carbocycles. The van der Waals surface area contributed by atoms with Crippen LogP contribution in [0.3, 0.4) is 0 Å². The predicted octanol–water partition coefficient (Wildman–Crippen LogP) is 0.00570. The first kappa shape index (κ1) is 11.1. The average molecular weight is 223 g/mol. The summed E-state index contributed by atoms with van der Waals surface area (Å²) in [5.74, 6) is 0.505. The summed E-state index contributed by atoms with van der Waals surface area (Å²) in [5, 5.41) is 9.92. The topological polar surface area (TPSA) is 87.9 Å². The first-order valence-electron chi connectivity index (χ1n) is 5.66. The quantitative estimate of drug-likeness (QED) is 0.755. The molecular formula is C10H17N5O. The van der Waals surface area contributed by atoms with Crippen LogP contribution in [0.5, 0.6) is 0 Å². The van der Waals surface area contributed by atoms with Gasteiger partial charge in [-0.3, -0.25) is 4.79 Å². The fourth-order valence-corrected chi connectivity index (χ4v) is 2.19. The van der Waals surface area contributed by atoms with E-state index in [1.165, 1.54) is 12.6 Å². The second-order valence-electron chi connectivity index (χ2n) is 4.19. The van der Waals surface area contributed by atoms with Crippen molar-refractivity contribution < 1.29 is 4.79 Å². The van der Waals surface area contributed by atoms with E-state index in [2.05, 4.69) is 15.4 Å². The Kier molecular flexibility index (Phi) is 3.51. The van der Waals surface area contributed by atoms with Gasteiger partial charge in [0, 0.05) is 13.1 Å². The zero-order valence-electron chi connectivity index (χ0n) is 9.22. The zero-order valence-corrected chi connectivity index (χ0v) is 9.22. The van der Waals surface area contributed by atoms with Gasteiger partial charge in [-0.05, 0) is 31.7 Å². The van der Waals surface area contributed by atoms with Crippen molar-refractivity contribution in [3.05, 3.63) is 11.9 Å². The number of aromatic amines is 1. The molecule has 6 nitrogen and oxygen atoms in total. The summed E-state index contributed by atoms with van der Waals surface area (Å²) in [4.78, 5) is 13.8. The fourth-order valence-electron chi connectivity index (χ4n) is 2.19. The van der Waals surface area contributed by atoms with Crippen LogP contribution >= 0.6 is 0 Å². The molecule has 1 aromatic rings. The van der Waals surface area contributed by atoms with Crippen LogP contribution in [0, 0.1) is 5.92 Å². The minimum absolute atomic E-state index is 0.0320. The van der Waals surface area contributed by atoms with Gasteiger partial charge in [0.2, 0.25) is 0 Å². The number of rotatable bonds is 3. The molecule has 1 unspecified atom stereocenters. The highest BCUT2D eigenvalue weighted by atomic mass is 16.2. The van der Waals surface area contributed by atoms with Crippen molar-refractivity contribution in [3.63, 3.8) is 0 Å². The molecule has 1 atom stereocenters. The standard InChI is InChI=1S/C10H17N5O/c11-4-3-8-2-1-5-15(7-8)10(16)9-6-12-14-13-9/h6,8H,1-5,7,11H2,(H,12,13,14). The predicted molar refractivity (Wildman–Crippen MR) is 58.7 cm³/mol. The number of nitrogens with zero attached hydrogens (tertiary/aromatic N) is 3. The van der Waals surface area contributed by atoms with Gasteiger partial charge in [0.1, 0.15) is 0 Å². The third-order valence-electron chi connectivity index (χ3n) is 3.02. The van der Waals surface area contributed by atoms with Crippen molar-refractivity contribution in [3.8, 4) is 0 Å². The molecule has 0 saturated carbocycles. The van der Waals surface area contributed by atoms with Crippen molar-refractivity contribution >= 4 is 5.91 Å². The molecule has 0 spiro atoms. The van der Waals surface area contributed by atoms with Crippen LogP contribution in [0.1, 0.15) is 29.8 Å². The Hall–Kier alpha value is -1.43. The smallest absolute Gasteiger partial charge is 0.276 e. The molecule has 1 amide bonds. The van der Waals surface area contributed by atoms with Gasteiger partial charge in [-0.1, -0.05) is 0 Å². The Morgan fingerprint density at radius 1 is 1.69 bits per heavy atom. The van der Waals surface area contributed by atoms with E-state index in [-0.39, 0.29) is 5.91 Å². The van der Waals surface area contributed by atoms with Crippen LogP contribution in [0.2, 0.25) is 0 Å². The van der Waals surface area contributed by atoms with E-state index in [4.69, 9.17) is 5.73 Å². The second-order valence-corrected chi connectivity index (χ2v) is 4.19. The summed E-state index contributed by atoms with van der Waals surface area (Å²) in [6, 6.07) is 0. The number of amides is 1. The molecule has 16 heavy (non-hydrogen) atoms. The lowest BCUT2D eigenvalue weighted by molar-refractivity contribution is 0.0663. The molecule has 6 heteroatoms. The number of nitrogens with one attached hydrogen (secondary N) is 1. The lowest BCUT2D eigenvalue weighted by Crippen LogP contribution is -2.40. The van der Waals surface area contributed by atoms with E-state index >= 15 is 0 Å².